The zero-order valence-corrected chi connectivity index (χ0v) is 9.25. The number of nitrogens with zero attached hydrogens (tertiary/aromatic N) is 3. The molecular formula is C11H13N3O2. The zero-order chi connectivity index (χ0) is 11.4. The van der Waals surface area contributed by atoms with Crippen molar-refractivity contribution >= 4 is 12.6 Å². The summed E-state index contributed by atoms with van der Waals surface area (Å²) in [7, 11) is 3.78. The van der Waals surface area contributed by atoms with Crippen LogP contribution in [0.3, 0.4) is 0 Å². The van der Waals surface area contributed by atoms with E-state index in [1.54, 1.807) is 12.6 Å². The second kappa shape index (κ2) is 4.65. The normalized spacial score (nSPS) is 13.9. The standard InChI is InChI=1S/C11H13N3O2/c1-14(2)7-13-12-6-9-3-4-10-11(5-9)16-8-15-10/h3-7H,8H2,1-2H3. The Kier molecular flexibility index (Phi) is 3.05. The van der Waals surface area contributed by atoms with E-state index < -0.39 is 0 Å². The van der Waals surface area contributed by atoms with Gasteiger partial charge in [0.25, 0.3) is 0 Å². The molecule has 0 bridgehead atoms. The highest BCUT2D eigenvalue weighted by molar-refractivity contribution is 5.81. The highest BCUT2D eigenvalue weighted by Crippen LogP contribution is 2.31. The third kappa shape index (κ3) is 2.50. The van der Waals surface area contributed by atoms with Crippen LogP contribution in [0.5, 0.6) is 11.5 Å². The first-order valence-corrected chi connectivity index (χ1v) is 4.88. The van der Waals surface area contributed by atoms with Crippen molar-refractivity contribution in [1.82, 2.24) is 4.90 Å². The van der Waals surface area contributed by atoms with Gasteiger partial charge in [0.05, 0.1) is 6.21 Å². The lowest BCUT2D eigenvalue weighted by Crippen LogP contribution is -2.06. The number of fused-ring (bicyclic) bond motifs is 1. The maximum Gasteiger partial charge on any atom is 0.231 e. The summed E-state index contributed by atoms with van der Waals surface area (Å²) in [5.74, 6) is 1.52. The second-order valence-electron chi connectivity index (χ2n) is 3.55. The average molecular weight is 219 g/mol. The van der Waals surface area contributed by atoms with Crippen molar-refractivity contribution in [3.8, 4) is 11.5 Å². The van der Waals surface area contributed by atoms with E-state index >= 15 is 0 Å². The first-order valence-electron chi connectivity index (χ1n) is 4.88. The molecule has 0 atom stereocenters. The Morgan fingerprint density at radius 1 is 1.19 bits per heavy atom. The molecule has 1 aromatic carbocycles. The van der Waals surface area contributed by atoms with Gasteiger partial charge >= 0.3 is 0 Å². The van der Waals surface area contributed by atoms with Crippen molar-refractivity contribution in [3.05, 3.63) is 23.8 Å². The smallest absolute Gasteiger partial charge is 0.231 e. The molecule has 84 valence electrons. The summed E-state index contributed by atoms with van der Waals surface area (Å²) < 4.78 is 10.5. The van der Waals surface area contributed by atoms with Crippen LogP contribution in [0.1, 0.15) is 5.56 Å². The minimum absolute atomic E-state index is 0.286. The number of ether oxygens (including phenoxy) is 2. The molecule has 1 heterocycles. The van der Waals surface area contributed by atoms with E-state index in [1.807, 2.05) is 37.2 Å². The Morgan fingerprint density at radius 2 is 2.00 bits per heavy atom. The molecule has 0 fully saturated rings. The Hall–Kier alpha value is -2.04. The molecule has 1 aromatic rings. The van der Waals surface area contributed by atoms with E-state index in [4.69, 9.17) is 9.47 Å². The predicted molar refractivity (Wildman–Crippen MR) is 62.3 cm³/mol. The van der Waals surface area contributed by atoms with E-state index in [9.17, 15) is 0 Å². The van der Waals surface area contributed by atoms with Gasteiger partial charge in [-0.15, -0.1) is 5.10 Å². The van der Waals surface area contributed by atoms with Gasteiger partial charge in [-0.3, -0.25) is 0 Å². The van der Waals surface area contributed by atoms with E-state index in [0.29, 0.717) is 0 Å². The van der Waals surface area contributed by atoms with Crippen LogP contribution in [0, 0.1) is 0 Å². The number of hydrogen-bond acceptors (Lipinski definition) is 4. The third-order valence-electron chi connectivity index (χ3n) is 1.95. The molecule has 0 spiro atoms. The van der Waals surface area contributed by atoms with Crippen LogP contribution in [-0.4, -0.2) is 38.3 Å². The van der Waals surface area contributed by atoms with Gasteiger partial charge in [-0.1, -0.05) is 0 Å². The lowest BCUT2D eigenvalue weighted by Gasteiger charge is -1.99. The fourth-order valence-corrected chi connectivity index (χ4v) is 1.23. The topological polar surface area (TPSA) is 46.4 Å². The van der Waals surface area contributed by atoms with Gasteiger partial charge in [-0.05, 0) is 23.8 Å². The number of benzene rings is 1. The van der Waals surface area contributed by atoms with Crippen molar-refractivity contribution in [3.63, 3.8) is 0 Å². The molecule has 0 unspecified atom stereocenters. The SMILES string of the molecule is CN(C)C=NN=Cc1ccc2c(c1)OCO2. The summed E-state index contributed by atoms with van der Waals surface area (Å²) in [4.78, 5) is 1.82. The molecular weight excluding hydrogens is 206 g/mol. The molecule has 16 heavy (non-hydrogen) atoms. The van der Waals surface area contributed by atoms with Crippen molar-refractivity contribution in [1.29, 1.82) is 0 Å². The Balaban J connectivity index is 2.05. The fraction of sp³-hybridized carbons (Fsp3) is 0.273. The van der Waals surface area contributed by atoms with Crippen molar-refractivity contribution in [2.45, 2.75) is 0 Å². The summed E-state index contributed by atoms with van der Waals surface area (Å²) in [5.41, 5.74) is 0.931. The highest BCUT2D eigenvalue weighted by atomic mass is 16.7. The summed E-state index contributed by atoms with van der Waals surface area (Å²) >= 11 is 0. The first kappa shape index (κ1) is 10.5. The van der Waals surface area contributed by atoms with E-state index in [-0.39, 0.29) is 6.79 Å². The second-order valence-corrected chi connectivity index (χ2v) is 3.55. The van der Waals surface area contributed by atoms with Crippen LogP contribution in [0.4, 0.5) is 0 Å². The molecule has 5 heteroatoms. The van der Waals surface area contributed by atoms with Gasteiger partial charge < -0.3 is 14.4 Å². The van der Waals surface area contributed by atoms with Gasteiger partial charge in [0.1, 0.15) is 6.34 Å². The predicted octanol–water partition coefficient (Wildman–Crippen LogP) is 1.34. The van der Waals surface area contributed by atoms with Crippen LogP contribution >= 0.6 is 0 Å². The zero-order valence-electron chi connectivity index (χ0n) is 9.25. The Bertz CT molecular complexity index is 427. The van der Waals surface area contributed by atoms with Gasteiger partial charge in [0.2, 0.25) is 6.79 Å². The fourth-order valence-electron chi connectivity index (χ4n) is 1.23. The molecule has 5 nitrogen and oxygen atoms in total. The summed E-state index contributed by atoms with van der Waals surface area (Å²) in [6.07, 6.45) is 3.30. The number of hydrogen-bond donors (Lipinski definition) is 0. The molecule has 0 amide bonds. The summed E-state index contributed by atoms with van der Waals surface area (Å²) in [6.45, 7) is 0.286. The molecule has 1 aliphatic rings. The highest BCUT2D eigenvalue weighted by Gasteiger charge is 2.12. The van der Waals surface area contributed by atoms with E-state index in [2.05, 4.69) is 10.2 Å². The van der Waals surface area contributed by atoms with Crippen LogP contribution in [0.15, 0.2) is 28.4 Å². The van der Waals surface area contributed by atoms with E-state index in [0.717, 1.165) is 17.1 Å². The molecule has 0 aromatic heterocycles. The van der Waals surface area contributed by atoms with Crippen LogP contribution in [-0.2, 0) is 0 Å². The lowest BCUT2D eigenvalue weighted by molar-refractivity contribution is 0.174. The minimum Gasteiger partial charge on any atom is -0.454 e. The first-order chi connectivity index (χ1) is 7.75. The van der Waals surface area contributed by atoms with Gasteiger partial charge in [0.15, 0.2) is 11.5 Å². The molecule has 0 radical (unpaired) electrons. The van der Waals surface area contributed by atoms with Crippen LogP contribution in [0.25, 0.3) is 0 Å². The quantitative estimate of drug-likeness (QED) is 0.438. The minimum atomic E-state index is 0.286. The lowest BCUT2D eigenvalue weighted by atomic mass is 10.2. The van der Waals surface area contributed by atoms with Gasteiger partial charge in [0, 0.05) is 14.1 Å². The molecule has 1 aliphatic heterocycles. The average Bonchev–Trinajstić information content (AvgIpc) is 2.71. The Morgan fingerprint density at radius 3 is 2.81 bits per heavy atom. The monoisotopic (exact) mass is 219 g/mol. The van der Waals surface area contributed by atoms with Gasteiger partial charge in [-0.2, -0.15) is 5.10 Å². The Labute approximate surface area is 94.0 Å². The molecule has 0 saturated carbocycles. The molecule has 2 rings (SSSR count). The van der Waals surface area contributed by atoms with Gasteiger partial charge in [-0.25, -0.2) is 0 Å². The van der Waals surface area contributed by atoms with Crippen LogP contribution < -0.4 is 9.47 Å². The summed E-state index contributed by atoms with van der Waals surface area (Å²) in [6, 6.07) is 5.64. The maximum atomic E-state index is 5.25. The number of rotatable bonds is 3. The van der Waals surface area contributed by atoms with E-state index in [1.165, 1.54) is 0 Å². The van der Waals surface area contributed by atoms with Crippen molar-refractivity contribution in [2.75, 3.05) is 20.9 Å². The van der Waals surface area contributed by atoms with Crippen LogP contribution in [0.2, 0.25) is 0 Å². The van der Waals surface area contributed by atoms with Crippen molar-refractivity contribution in [2.24, 2.45) is 10.2 Å². The van der Waals surface area contributed by atoms with Crippen molar-refractivity contribution < 1.29 is 9.47 Å². The molecule has 0 N–H and O–H groups in total. The third-order valence-corrected chi connectivity index (χ3v) is 1.95. The largest absolute Gasteiger partial charge is 0.454 e. The maximum absolute atomic E-state index is 5.25. The molecule has 0 saturated heterocycles. The molecule has 0 aliphatic carbocycles. The summed E-state index contributed by atoms with van der Waals surface area (Å²) in [5, 5.41) is 7.77.